The number of benzene rings is 4. The van der Waals surface area contributed by atoms with Crippen molar-refractivity contribution in [3.63, 3.8) is 0 Å². The molecule has 0 unspecified atom stereocenters. The minimum atomic E-state index is -1.63. The van der Waals surface area contributed by atoms with Crippen molar-refractivity contribution in [1.82, 2.24) is 0 Å². The van der Waals surface area contributed by atoms with Gasteiger partial charge in [-0.1, -0.05) is 0 Å². The maximum absolute atomic E-state index is 13.5. The molecule has 1 fully saturated rings. The summed E-state index contributed by atoms with van der Waals surface area (Å²) < 4.78 is 29.7. The van der Waals surface area contributed by atoms with Crippen molar-refractivity contribution in [2.45, 2.75) is 37.1 Å². The molecule has 2 N–H and O–H groups in total. The molecule has 0 bridgehead atoms. The fraction of sp³-hybridized carbons (Fsp3) is 0.333. The molecular formula is C27H20O9. The van der Waals surface area contributed by atoms with Crippen LogP contribution in [0.15, 0.2) is 21.7 Å². The topological polar surface area (TPSA) is 121 Å². The first-order chi connectivity index (χ1) is 17.3. The van der Waals surface area contributed by atoms with Crippen molar-refractivity contribution >= 4 is 38.1 Å². The largest absolute Gasteiger partial charge is 0.506 e. The molecule has 2 aliphatic heterocycles. The highest BCUT2D eigenvalue weighted by molar-refractivity contribution is 6.30. The van der Waals surface area contributed by atoms with Gasteiger partial charge in [-0.2, -0.15) is 0 Å². The average Bonchev–Trinajstić information content (AvgIpc) is 3.26. The van der Waals surface area contributed by atoms with Gasteiger partial charge in [0, 0.05) is 46.4 Å². The summed E-state index contributed by atoms with van der Waals surface area (Å²) in [6.45, 7) is 1.69. The molecule has 0 saturated carbocycles. The van der Waals surface area contributed by atoms with Gasteiger partial charge in [-0.05, 0) is 30.7 Å². The molecule has 4 aromatic carbocycles. The fourth-order valence-electron chi connectivity index (χ4n) is 7.60. The van der Waals surface area contributed by atoms with Gasteiger partial charge in [0.2, 0.25) is 12.6 Å². The molecular weight excluding hydrogens is 468 g/mol. The minimum Gasteiger partial charge on any atom is -0.506 e. The van der Waals surface area contributed by atoms with E-state index in [2.05, 4.69) is 0 Å². The molecule has 9 nitrogen and oxygen atoms in total. The van der Waals surface area contributed by atoms with Gasteiger partial charge in [-0.25, -0.2) is 0 Å². The van der Waals surface area contributed by atoms with Crippen LogP contribution in [0.4, 0.5) is 0 Å². The van der Waals surface area contributed by atoms with Gasteiger partial charge in [0.1, 0.15) is 11.5 Å². The highest BCUT2D eigenvalue weighted by atomic mass is 16.7. The lowest BCUT2D eigenvalue weighted by molar-refractivity contribution is -0.206. The second kappa shape index (κ2) is 5.93. The number of aliphatic hydroxyl groups excluding tert-OH is 1. The van der Waals surface area contributed by atoms with Crippen LogP contribution in [0.1, 0.15) is 24.5 Å². The molecule has 36 heavy (non-hydrogen) atoms. The molecule has 4 aromatic rings. The van der Waals surface area contributed by atoms with E-state index in [1.165, 1.54) is 26.4 Å². The van der Waals surface area contributed by atoms with Crippen LogP contribution in [0.2, 0.25) is 0 Å². The minimum absolute atomic E-state index is 0.0802. The number of aliphatic hydroxyl groups is 1. The molecule has 2 aliphatic carbocycles. The summed E-state index contributed by atoms with van der Waals surface area (Å²) in [5.41, 5.74) is -0.400. The first-order valence-corrected chi connectivity index (χ1v) is 11.7. The Morgan fingerprint density at radius 2 is 1.64 bits per heavy atom. The van der Waals surface area contributed by atoms with Gasteiger partial charge in [0.25, 0.3) is 0 Å². The first-order valence-electron chi connectivity index (χ1n) is 11.7. The van der Waals surface area contributed by atoms with E-state index < -0.39 is 22.1 Å². The predicted molar refractivity (Wildman–Crippen MR) is 129 cm³/mol. The van der Waals surface area contributed by atoms with Gasteiger partial charge >= 0.3 is 0 Å². The zero-order chi connectivity index (χ0) is 24.9. The highest BCUT2D eigenvalue weighted by Gasteiger charge is 2.68. The van der Waals surface area contributed by atoms with Crippen LogP contribution in [-0.4, -0.2) is 43.1 Å². The van der Waals surface area contributed by atoms with E-state index in [-0.39, 0.29) is 46.5 Å². The third kappa shape index (κ3) is 1.81. The molecule has 9 heteroatoms. The van der Waals surface area contributed by atoms with E-state index >= 15 is 0 Å². The molecule has 0 amide bonds. The Bertz CT molecular complexity index is 1910. The zero-order valence-corrected chi connectivity index (χ0v) is 19.6. The number of methoxy groups -OCH3 is 2. The highest BCUT2D eigenvalue weighted by Crippen LogP contribution is 2.66. The van der Waals surface area contributed by atoms with Crippen LogP contribution in [0.5, 0.6) is 23.0 Å². The lowest BCUT2D eigenvalue weighted by atomic mass is 9.66. The first kappa shape index (κ1) is 20.4. The molecule has 8 rings (SSSR count). The molecule has 3 atom stereocenters. The monoisotopic (exact) mass is 488 g/mol. The third-order valence-corrected chi connectivity index (χ3v) is 8.60. The molecule has 0 radical (unpaired) electrons. The summed E-state index contributed by atoms with van der Waals surface area (Å²) in [5.74, 6) is -1.41. The van der Waals surface area contributed by atoms with Gasteiger partial charge in [-0.15, -0.1) is 0 Å². The van der Waals surface area contributed by atoms with Crippen LogP contribution in [0.25, 0.3) is 38.1 Å². The average molecular weight is 488 g/mol. The molecule has 1 saturated heterocycles. The second-order valence-electron chi connectivity index (χ2n) is 10.1. The fourth-order valence-corrected chi connectivity index (χ4v) is 7.60. The zero-order valence-electron chi connectivity index (χ0n) is 19.6. The van der Waals surface area contributed by atoms with Crippen LogP contribution < -0.4 is 30.3 Å². The van der Waals surface area contributed by atoms with Crippen LogP contribution in [-0.2, 0) is 21.3 Å². The van der Waals surface area contributed by atoms with Crippen molar-refractivity contribution in [3.05, 3.63) is 48.9 Å². The molecule has 2 heterocycles. The third-order valence-electron chi connectivity index (χ3n) is 8.60. The summed E-state index contributed by atoms with van der Waals surface area (Å²) in [6, 6.07) is 2.64. The van der Waals surface area contributed by atoms with E-state index in [4.69, 9.17) is 23.7 Å². The van der Waals surface area contributed by atoms with Crippen molar-refractivity contribution in [2.24, 2.45) is 0 Å². The summed E-state index contributed by atoms with van der Waals surface area (Å²) in [5, 5.41) is 26.1. The molecule has 1 spiro atoms. The Hall–Kier alpha value is -3.82. The molecule has 182 valence electrons. The van der Waals surface area contributed by atoms with Gasteiger partial charge in [0.05, 0.1) is 29.2 Å². The summed E-state index contributed by atoms with van der Waals surface area (Å²) in [7, 11) is 2.89. The lowest BCUT2D eigenvalue weighted by Crippen LogP contribution is -2.56. The number of hydrogen-bond acceptors (Lipinski definition) is 9. The number of aromatic hydroxyl groups is 1. The van der Waals surface area contributed by atoms with Crippen LogP contribution in [0, 0.1) is 0 Å². The van der Waals surface area contributed by atoms with Gasteiger partial charge in [0.15, 0.2) is 28.1 Å². The van der Waals surface area contributed by atoms with E-state index in [0.29, 0.717) is 51.1 Å². The number of hydrogen-bond donors (Lipinski definition) is 2. The van der Waals surface area contributed by atoms with E-state index in [0.717, 1.165) is 5.56 Å². The Kier molecular flexibility index (Phi) is 3.36. The Morgan fingerprint density at radius 1 is 0.944 bits per heavy atom. The van der Waals surface area contributed by atoms with E-state index in [9.17, 15) is 19.8 Å². The van der Waals surface area contributed by atoms with Crippen molar-refractivity contribution in [1.29, 1.82) is 0 Å². The van der Waals surface area contributed by atoms with E-state index in [1.807, 2.05) is 6.92 Å². The standard InChI is InChI=1S/C27H20O9/c1-9-6-26-7-10-15-20-16(23(30)24(10)32-2)11(28)4-13-18(20)19-14(35-8-34-13)5-12(29)17(21(19)22(15)26)25(31)27(26,33-3)36-9/h4-5,9,30-31H,6-8H2,1-3H3/t9-,26-,27-/m1/s1. The number of phenols is 1. The van der Waals surface area contributed by atoms with Crippen LogP contribution >= 0.6 is 0 Å². The van der Waals surface area contributed by atoms with Crippen molar-refractivity contribution in [2.75, 3.05) is 21.0 Å². The van der Waals surface area contributed by atoms with Crippen molar-refractivity contribution < 1.29 is 33.9 Å². The van der Waals surface area contributed by atoms with Crippen LogP contribution in [0.3, 0.4) is 0 Å². The van der Waals surface area contributed by atoms with Gasteiger partial charge in [-0.3, -0.25) is 9.59 Å². The summed E-state index contributed by atoms with van der Waals surface area (Å²) >= 11 is 0. The smallest absolute Gasteiger partial charge is 0.238 e. The Labute approximate surface area is 202 Å². The SMILES string of the molecule is COc1c2c3c4c5c(c(=O)cc6c5c5c(cc(=O)c(c1O)c35)OCO6)=C(O)[C@@]1(OC)O[C@H](C)C[C@@]41C2. The quantitative estimate of drug-likeness (QED) is 0.323. The number of rotatable bonds is 2. The van der Waals surface area contributed by atoms with Crippen molar-refractivity contribution in [3.8, 4) is 23.0 Å². The predicted octanol–water partition coefficient (Wildman–Crippen LogP) is 2.09. The second-order valence-corrected chi connectivity index (χ2v) is 10.1. The number of ether oxygens (including phenoxy) is 5. The number of phenolic OH excluding ortho intramolecular Hbond substituents is 1. The lowest BCUT2D eigenvalue weighted by Gasteiger charge is -2.43. The molecule has 4 aliphatic rings. The summed E-state index contributed by atoms with van der Waals surface area (Å²) in [6.07, 6.45) is 0.437. The maximum atomic E-state index is 13.5. The normalized spacial score (nSPS) is 27.2. The maximum Gasteiger partial charge on any atom is 0.238 e. The molecule has 0 aromatic heterocycles. The van der Waals surface area contributed by atoms with E-state index in [1.54, 1.807) is 0 Å². The Balaban J connectivity index is 1.83. The Morgan fingerprint density at radius 3 is 2.33 bits per heavy atom. The summed E-state index contributed by atoms with van der Waals surface area (Å²) in [4.78, 5) is 26.9. The van der Waals surface area contributed by atoms with Gasteiger partial charge < -0.3 is 33.9 Å².